The second kappa shape index (κ2) is 6.57. The minimum absolute atomic E-state index is 0.114. The van der Waals surface area contributed by atoms with Crippen LogP contribution in [0.3, 0.4) is 0 Å². The van der Waals surface area contributed by atoms with Crippen molar-refractivity contribution < 1.29 is 18.3 Å². The highest BCUT2D eigenvalue weighted by atomic mass is 32.2. The summed E-state index contributed by atoms with van der Waals surface area (Å²) in [6.45, 7) is 0. The number of nitrogens with zero attached hydrogens (tertiary/aromatic N) is 2. The van der Waals surface area contributed by atoms with Gasteiger partial charge >= 0.3 is 10.2 Å². The van der Waals surface area contributed by atoms with E-state index in [1.165, 1.54) is 22.7 Å². The van der Waals surface area contributed by atoms with Crippen LogP contribution in [0, 0.1) is 0 Å². The molecule has 28 heavy (non-hydrogen) atoms. The Labute approximate surface area is 163 Å². The molecule has 146 valence electrons. The van der Waals surface area contributed by atoms with Gasteiger partial charge in [-0.1, -0.05) is 24.3 Å². The number of benzene rings is 2. The first kappa shape index (κ1) is 18.4. The van der Waals surface area contributed by atoms with Gasteiger partial charge in [-0.2, -0.15) is 12.7 Å². The largest absolute Gasteiger partial charge is 0.506 e. The smallest absolute Gasteiger partial charge is 0.303 e. The maximum Gasteiger partial charge on any atom is 0.303 e. The molecule has 2 heterocycles. The summed E-state index contributed by atoms with van der Waals surface area (Å²) in [5.74, 6) is 0.784. The van der Waals surface area contributed by atoms with Gasteiger partial charge in [0.1, 0.15) is 11.5 Å². The highest BCUT2D eigenvalue weighted by Gasteiger charge is 2.36. The van der Waals surface area contributed by atoms with Crippen molar-refractivity contribution in [3.63, 3.8) is 0 Å². The van der Waals surface area contributed by atoms with Crippen LogP contribution >= 0.6 is 0 Å². The Morgan fingerprint density at radius 3 is 2.61 bits per heavy atom. The Morgan fingerprint density at radius 1 is 1.14 bits per heavy atom. The van der Waals surface area contributed by atoms with Crippen molar-refractivity contribution in [1.29, 1.82) is 0 Å². The molecule has 2 N–H and O–H groups in total. The molecule has 1 aliphatic rings. The number of ether oxygens (including phenoxy) is 1. The van der Waals surface area contributed by atoms with Crippen LogP contribution in [-0.4, -0.2) is 48.3 Å². The average Bonchev–Trinajstić information content (AvgIpc) is 3.11. The summed E-state index contributed by atoms with van der Waals surface area (Å²) < 4.78 is 34.1. The fraction of sp³-hybridized carbons (Fsp3) is 0.200. The first-order valence-corrected chi connectivity index (χ1v) is 10.1. The summed E-state index contributed by atoms with van der Waals surface area (Å²) in [5.41, 5.74) is 2.94. The van der Waals surface area contributed by atoms with E-state index >= 15 is 0 Å². The van der Waals surface area contributed by atoms with Gasteiger partial charge in [0, 0.05) is 43.0 Å². The lowest BCUT2D eigenvalue weighted by molar-refractivity contribution is 0.394. The number of H-pyrrole nitrogens is 1. The molecule has 0 saturated heterocycles. The van der Waals surface area contributed by atoms with Crippen molar-refractivity contribution >= 4 is 27.2 Å². The van der Waals surface area contributed by atoms with Crippen molar-refractivity contribution in [2.45, 2.75) is 6.04 Å². The molecule has 1 aliphatic heterocycles. The molecule has 2 aromatic carbocycles. The van der Waals surface area contributed by atoms with E-state index in [2.05, 4.69) is 4.98 Å². The van der Waals surface area contributed by atoms with E-state index in [-0.39, 0.29) is 5.75 Å². The number of hydrogen-bond donors (Lipinski definition) is 2. The van der Waals surface area contributed by atoms with Crippen LogP contribution in [0.2, 0.25) is 0 Å². The minimum atomic E-state index is -3.75. The summed E-state index contributed by atoms with van der Waals surface area (Å²) in [4.78, 5) is 3.07. The number of nitrogens with one attached hydrogen (secondary N) is 1. The summed E-state index contributed by atoms with van der Waals surface area (Å²) in [7, 11) is 0.840. The Balaban J connectivity index is 2.02. The lowest BCUT2D eigenvalue weighted by Gasteiger charge is -2.35. The Hall–Kier alpha value is -2.97. The first-order chi connectivity index (χ1) is 13.4. The van der Waals surface area contributed by atoms with Crippen LogP contribution < -0.4 is 4.74 Å². The monoisotopic (exact) mass is 399 g/mol. The molecule has 0 bridgehead atoms. The van der Waals surface area contributed by atoms with E-state index in [9.17, 15) is 13.5 Å². The number of rotatable bonds is 4. The molecule has 0 saturated carbocycles. The standard InChI is InChI=1S/C20H21N3O4S/c1-22(2)28(25,26)23-11-10-13-15(7-5-9-18(13)27-3)20(23)16-12-21-19-14(16)6-4-8-17(19)24/h4-12,20-21,24H,1-3H3. The summed E-state index contributed by atoms with van der Waals surface area (Å²) in [6.07, 6.45) is 5.06. The Bertz CT molecular complexity index is 1180. The van der Waals surface area contributed by atoms with Gasteiger partial charge < -0.3 is 14.8 Å². The van der Waals surface area contributed by atoms with Crippen molar-refractivity contribution in [2.24, 2.45) is 0 Å². The average molecular weight is 399 g/mol. The first-order valence-electron chi connectivity index (χ1n) is 8.71. The Kier molecular flexibility index (Phi) is 4.32. The third kappa shape index (κ3) is 2.64. The highest BCUT2D eigenvalue weighted by molar-refractivity contribution is 7.86. The van der Waals surface area contributed by atoms with Crippen molar-refractivity contribution in [1.82, 2.24) is 13.6 Å². The summed E-state index contributed by atoms with van der Waals surface area (Å²) in [6, 6.07) is 10.2. The molecule has 0 fully saturated rings. The number of aromatic amines is 1. The van der Waals surface area contributed by atoms with Crippen LogP contribution in [0.4, 0.5) is 0 Å². The highest BCUT2D eigenvalue weighted by Crippen LogP contribution is 2.43. The zero-order valence-electron chi connectivity index (χ0n) is 15.7. The molecule has 1 aromatic heterocycles. The van der Waals surface area contributed by atoms with E-state index in [1.54, 1.807) is 37.7 Å². The number of phenols is 1. The van der Waals surface area contributed by atoms with Crippen molar-refractivity contribution in [2.75, 3.05) is 21.2 Å². The predicted molar refractivity (Wildman–Crippen MR) is 108 cm³/mol. The number of hydrogen-bond acceptors (Lipinski definition) is 4. The summed E-state index contributed by atoms with van der Waals surface area (Å²) >= 11 is 0. The topological polar surface area (TPSA) is 85.9 Å². The second-order valence-corrected chi connectivity index (χ2v) is 8.79. The zero-order chi connectivity index (χ0) is 20.1. The number of fused-ring (bicyclic) bond motifs is 2. The fourth-order valence-corrected chi connectivity index (χ4v) is 4.70. The third-order valence-electron chi connectivity index (χ3n) is 5.00. The van der Waals surface area contributed by atoms with Gasteiger partial charge in [0.2, 0.25) is 0 Å². The fourth-order valence-electron chi connectivity index (χ4n) is 3.62. The van der Waals surface area contributed by atoms with Crippen LogP contribution in [0.1, 0.15) is 22.7 Å². The SMILES string of the molecule is COc1cccc2c1C=CN(S(=O)(=O)N(C)C)C2c1c[nH]c2c(O)cccc12. The van der Waals surface area contributed by atoms with Gasteiger partial charge in [-0.15, -0.1) is 0 Å². The molecule has 4 rings (SSSR count). The van der Waals surface area contributed by atoms with E-state index < -0.39 is 16.3 Å². The molecule has 0 amide bonds. The molecule has 0 radical (unpaired) electrons. The van der Waals surface area contributed by atoms with Gasteiger partial charge in [0.15, 0.2) is 0 Å². The lowest BCUT2D eigenvalue weighted by atomic mass is 9.91. The minimum Gasteiger partial charge on any atom is -0.506 e. The molecule has 1 atom stereocenters. The lowest BCUT2D eigenvalue weighted by Crippen LogP contribution is -2.40. The maximum atomic E-state index is 13.1. The quantitative estimate of drug-likeness (QED) is 0.706. The van der Waals surface area contributed by atoms with E-state index in [0.717, 1.165) is 22.1 Å². The van der Waals surface area contributed by atoms with Gasteiger partial charge in [-0.05, 0) is 23.8 Å². The van der Waals surface area contributed by atoms with E-state index in [0.29, 0.717) is 11.3 Å². The van der Waals surface area contributed by atoms with Crippen molar-refractivity contribution in [3.05, 3.63) is 65.5 Å². The molecule has 0 spiro atoms. The molecule has 3 aromatic rings. The van der Waals surface area contributed by atoms with E-state index in [1.807, 2.05) is 24.3 Å². The third-order valence-corrected chi connectivity index (χ3v) is 6.79. The van der Waals surface area contributed by atoms with Crippen LogP contribution in [0.25, 0.3) is 17.0 Å². The van der Waals surface area contributed by atoms with Gasteiger partial charge in [-0.3, -0.25) is 4.31 Å². The number of methoxy groups -OCH3 is 1. The number of phenolic OH excluding ortho intramolecular Hbond substituents is 1. The van der Waals surface area contributed by atoms with Crippen LogP contribution in [-0.2, 0) is 10.2 Å². The number of para-hydroxylation sites is 1. The molecule has 8 heteroatoms. The maximum absolute atomic E-state index is 13.1. The molecular weight excluding hydrogens is 378 g/mol. The number of aromatic nitrogens is 1. The zero-order valence-corrected chi connectivity index (χ0v) is 16.6. The molecular formula is C20H21N3O4S. The number of aromatic hydroxyl groups is 1. The predicted octanol–water partition coefficient (Wildman–Crippen LogP) is 3.06. The second-order valence-electron chi connectivity index (χ2n) is 6.75. The van der Waals surface area contributed by atoms with Crippen LogP contribution in [0.5, 0.6) is 11.5 Å². The molecule has 0 aliphatic carbocycles. The van der Waals surface area contributed by atoms with Gasteiger partial charge in [0.05, 0.1) is 18.7 Å². The van der Waals surface area contributed by atoms with Gasteiger partial charge in [0.25, 0.3) is 0 Å². The molecule has 1 unspecified atom stereocenters. The van der Waals surface area contributed by atoms with Gasteiger partial charge in [-0.25, -0.2) is 0 Å². The van der Waals surface area contributed by atoms with E-state index in [4.69, 9.17) is 4.74 Å². The van der Waals surface area contributed by atoms with Crippen LogP contribution in [0.15, 0.2) is 48.8 Å². The van der Waals surface area contributed by atoms with Crippen molar-refractivity contribution in [3.8, 4) is 11.5 Å². The Morgan fingerprint density at radius 2 is 1.89 bits per heavy atom. The normalized spacial score (nSPS) is 16.6. The molecule has 7 nitrogen and oxygen atoms in total. The summed E-state index contributed by atoms with van der Waals surface area (Å²) in [5, 5.41) is 10.9.